The molecule has 2 unspecified atom stereocenters. The average Bonchev–Trinajstić information content (AvgIpc) is 2.78. The minimum Gasteiger partial charge on any atom is -0.370 e. The average molecular weight is 264 g/mol. The molecule has 0 radical (unpaired) electrons. The molecule has 0 saturated heterocycles. The third-order valence-corrected chi connectivity index (χ3v) is 3.76. The molecule has 1 aliphatic heterocycles. The van der Waals surface area contributed by atoms with E-state index in [1.165, 1.54) is 0 Å². The lowest BCUT2D eigenvalue weighted by Gasteiger charge is -2.22. The number of aliphatic imine (C=N–C) groups is 1. The van der Waals surface area contributed by atoms with Crippen molar-refractivity contribution >= 4 is 5.96 Å². The molecule has 3 N–H and O–H groups in total. The van der Waals surface area contributed by atoms with Gasteiger partial charge in [-0.3, -0.25) is 4.99 Å². The highest BCUT2D eigenvalue weighted by molar-refractivity contribution is 5.78. The fourth-order valence-corrected chi connectivity index (χ4v) is 2.31. The fraction of sp³-hybridized carbons (Fsp3) is 0.769. The van der Waals surface area contributed by atoms with Gasteiger partial charge in [0.05, 0.1) is 0 Å². The van der Waals surface area contributed by atoms with Gasteiger partial charge in [0.2, 0.25) is 0 Å². The number of aryl methyl sites for hydroxylation is 2. The van der Waals surface area contributed by atoms with E-state index in [1.807, 2.05) is 6.92 Å². The highest BCUT2D eigenvalue weighted by Gasteiger charge is 2.21. The molecule has 6 heteroatoms. The lowest BCUT2D eigenvalue weighted by atomic mass is 9.99. The van der Waals surface area contributed by atoms with E-state index in [-0.39, 0.29) is 0 Å². The molecule has 0 spiro atoms. The molecule has 19 heavy (non-hydrogen) atoms. The van der Waals surface area contributed by atoms with Crippen LogP contribution in [0.5, 0.6) is 0 Å². The van der Waals surface area contributed by atoms with Crippen molar-refractivity contribution in [1.29, 1.82) is 0 Å². The molecule has 0 aromatic carbocycles. The minimum atomic E-state index is 0.377. The molecule has 0 aliphatic carbocycles. The first-order chi connectivity index (χ1) is 9.10. The standard InChI is InChI=1S/C13H24N6/c1-4-9(2)16-13(14)15-7-11-5-6-12-18-17-10(3)19(12)8-11/h9,11H,4-8H2,1-3H3,(H3,14,15,16). The number of aromatic nitrogens is 3. The molecule has 1 aromatic rings. The fourth-order valence-electron chi connectivity index (χ4n) is 2.31. The normalized spacial score (nSPS) is 21.0. The van der Waals surface area contributed by atoms with E-state index in [4.69, 9.17) is 5.73 Å². The third kappa shape index (κ3) is 3.45. The molecule has 1 aromatic heterocycles. The topological polar surface area (TPSA) is 81.1 Å². The Morgan fingerprint density at radius 2 is 2.37 bits per heavy atom. The van der Waals surface area contributed by atoms with Crippen LogP contribution in [0.25, 0.3) is 0 Å². The van der Waals surface area contributed by atoms with Crippen molar-refractivity contribution in [2.75, 3.05) is 6.54 Å². The van der Waals surface area contributed by atoms with Crippen LogP contribution in [0.3, 0.4) is 0 Å². The molecule has 0 saturated carbocycles. The largest absolute Gasteiger partial charge is 0.370 e. The summed E-state index contributed by atoms with van der Waals surface area (Å²) in [5.74, 6) is 3.18. The SMILES string of the molecule is CCC(C)NC(N)=NCC1CCc2nnc(C)n2C1. The highest BCUT2D eigenvalue weighted by Crippen LogP contribution is 2.19. The van der Waals surface area contributed by atoms with Crippen molar-refractivity contribution in [3.05, 3.63) is 11.6 Å². The van der Waals surface area contributed by atoms with Crippen LogP contribution in [0, 0.1) is 12.8 Å². The Morgan fingerprint density at radius 1 is 1.58 bits per heavy atom. The summed E-state index contributed by atoms with van der Waals surface area (Å²) in [5.41, 5.74) is 5.88. The summed E-state index contributed by atoms with van der Waals surface area (Å²) in [6, 6.07) is 0.377. The Balaban J connectivity index is 1.88. The minimum absolute atomic E-state index is 0.377. The molecule has 0 bridgehead atoms. The van der Waals surface area contributed by atoms with Gasteiger partial charge in [0, 0.05) is 25.6 Å². The first kappa shape index (κ1) is 13.8. The van der Waals surface area contributed by atoms with Crippen LogP contribution in [0.2, 0.25) is 0 Å². The second-order valence-electron chi connectivity index (χ2n) is 5.36. The monoisotopic (exact) mass is 264 g/mol. The molecule has 6 nitrogen and oxygen atoms in total. The van der Waals surface area contributed by atoms with Crippen LogP contribution in [0.4, 0.5) is 0 Å². The predicted molar refractivity (Wildman–Crippen MR) is 75.9 cm³/mol. The smallest absolute Gasteiger partial charge is 0.188 e. The van der Waals surface area contributed by atoms with Crippen LogP contribution in [0.15, 0.2) is 4.99 Å². The number of hydrogen-bond donors (Lipinski definition) is 2. The van der Waals surface area contributed by atoms with E-state index in [9.17, 15) is 0 Å². The number of nitrogens with zero attached hydrogens (tertiary/aromatic N) is 4. The molecule has 2 rings (SSSR count). The van der Waals surface area contributed by atoms with E-state index >= 15 is 0 Å². The van der Waals surface area contributed by atoms with Gasteiger partial charge in [0.25, 0.3) is 0 Å². The van der Waals surface area contributed by atoms with E-state index in [2.05, 4.69) is 38.9 Å². The van der Waals surface area contributed by atoms with Crippen molar-refractivity contribution in [3.8, 4) is 0 Å². The second kappa shape index (κ2) is 6.04. The Hall–Kier alpha value is -1.59. The van der Waals surface area contributed by atoms with Crippen LogP contribution in [-0.4, -0.2) is 33.3 Å². The first-order valence-corrected chi connectivity index (χ1v) is 7.05. The van der Waals surface area contributed by atoms with Gasteiger partial charge in [0.1, 0.15) is 11.6 Å². The van der Waals surface area contributed by atoms with Crippen LogP contribution < -0.4 is 11.1 Å². The number of guanidine groups is 1. The number of hydrogen-bond acceptors (Lipinski definition) is 3. The summed E-state index contributed by atoms with van der Waals surface area (Å²) in [6.07, 6.45) is 3.14. The van der Waals surface area contributed by atoms with Gasteiger partial charge in [-0.15, -0.1) is 10.2 Å². The summed E-state index contributed by atoms with van der Waals surface area (Å²) >= 11 is 0. The summed E-state index contributed by atoms with van der Waals surface area (Å²) in [7, 11) is 0. The van der Waals surface area contributed by atoms with E-state index in [1.54, 1.807) is 0 Å². The van der Waals surface area contributed by atoms with Gasteiger partial charge in [-0.1, -0.05) is 6.92 Å². The number of nitrogens with one attached hydrogen (secondary N) is 1. The molecular weight excluding hydrogens is 240 g/mol. The molecule has 1 aliphatic rings. The second-order valence-corrected chi connectivity index (χ2v) is 5.36. The Morgan fingerprint density at radius 3 is 3.11 bits per heavy atom. The number of fused-ring (bicyclic) bond motifs is 1. The summed E-state index contributed by atoms with van der Waals surface area (Å²) in [5, 5.41) is 11.5. The lowest BCUT2D eigenvalue weighted by molar-refractivity contribution is 0.369. The third-order valence-electron chi connectivity index (χ3n) is 3.76. The van der Waals surface area contributed by atoms with Crippen LogP contribution in [0.1, 0.15) is 38.3 Å². The van der Waals surface area contributed by atoms with Crippen LogP contribution in [-0.2, 0) is 13.0 Å². The zero-order valence-corrected chi connectivity index (χ0v) is 12.1. The predicted octanol–water partition coefficient (Wildman–Crippen LogP) is 0.852. The molecular formula is C13H24N6. The number of nitrogens with two attached hydrogens (primary N) is 1. The van der Waals surface area contributed by atoms with Crippen molar-refractivity contribution in [3.63, 3.8) is 0 Å². The van der Waals surface area contributed by atoms with Crippen molar-refractivity contribution < 1.29 is 0 Å². The highest BCUT2D eigenvalue weighted by atomic mass is 15.3. The number of rotatable bonds is 4. The Labute approximate surface area is 114 Å². The maximum absolute atomic E-state index is 5.88. The zero-order valence-electron chi connectivity index (χ0n) is 12.1. The van der Waals surface area contributed by atoms with Gasteiger partial charge >= 0.3 is 0 Å². The lowest BCUT2D eigenvalue weighted by Crippen LogP contribution is -2.38. The maximum Gasteiger partial charge on any atom is 0.188 e. The van der Waals surface area contributed by atoms with Gasteiger partial charge in [0.15, 0.2) is 5.96 Å². The maximum atomic E-state index is 5.88. The summed E-state index contributed by atoms with van der Waals surface area (Å²) in [4.78, 5) is 4.45. The summed E-state index contributed by atoms with van der Waals surface area (Å²) < 4.78 is 2.20. The van der Waals surface area contributed by atoms with Crippen molar-refractivity contribution in [1.82, 2.24) is 20.1 Å². The Bertz CT molecular complexity index is 450. The van der Waals surface area contributed by atoms with E-state index in [0.29, 0.717) is 17.9 Å². The molecule has 2 heterocycles. The first-order valence-electron chi connectivity index (χ1n) is 7.05. The quantitative estimate of drug-likeness (QED) is 0.624. The van der Waals surface area contributed by atoms with Gasteiger partial charge < -0.3 is 15.6 Å². The van der Waals surface area contributed by atoms with E-state index in [0.717, 1.165) is 44.0 Å². The molecule has 106 valence electrons. The van der Waals surface area contributed by atoms with Gasteiger partial charge in [-0.2, -0.15) is 0 Å². The Kier molecular flexibility index (Phi) is 4.39. The van der Waals surface area contributed by atoms with Gasteiger partial charge in [-0.25, -0.2) is 0 Å². The molecule has 0 fully saturated rings. The van der Waals surface area contributed by atoms with Gasteiger partial charge in [-0.05, 0) is 32.6 Å². The van der Waals surface area contributed by atoms with Crippen molar-refractivity contribution in [2.45, 2.75) is 52.6 Å². The van der Waals surface area contributed by atoms with Crippen LogP contribution >= 0.6 is 0 Å². The summed E-state index contributed by atoms with van der Waals surface area (Å²) in [6.45, 7) is 7.96. The molecule has 0 amide bonds. The van der Waals surface area contributed by atoms with E-state index < -0.39 is 0 Å². The zero-order chi connectivity index (χ0) is 13.8. The van der Waals surface area contributed by atoms with Crippen molar-refractivity contribution in [2.24, 2.45) is 16.6 Å². The molecule has 2 atom stereocenters.